The maximum atomic E-state index is 12.2. The highest BCUT2D eigenvalue weighted by Crippen LogP contribution is 2.63. The van der Waals surface area contributed by atoms with Gasteiger partial charge in [-0.1, -0.05) is 48.8 Å². The van der Waals surface area contributed by atoms with Crippen LogP contribution < -0.4 is 0 Å². The summed E-state index contributed by atoms with van der Waals surface area (Å²) in [6.07, 6.45) is 6.28. The molecular weight excluding hydrogens is 272 g/mol. The van der Waals surface area contributed by atoms with E-state index in [9.17, 15) is 9.59 Å². The van der Waals surface area contributed by atoms with Gasteiger partial charge in [0, 0.05) is 23.3 Å². The first-order valence-electron chi connectivity index (χ1n) is 8.01. The van der Waals surface area contributed by atoms with Gasteiger partial charge in [-0.15, -0.1) is 0 Å². The van der Waals surface area contributed by atoms with Crippen molar-refractivity contribution in [3.05, 3.63) is 46.1 Å². The Morgan fingerprint density at radius 1 is 0.909 bits per heavy atom. The second-order valence-corrected chi connectivity index (χ2v) is 7.59. The number of allylic oxidation sites excluding steroid dienone is 8. The lowest BCUT2D eigenvalue weighted by Crippen LogP contribution is -2.39. The summed E-state index contributed by atoms with van der Waals surface area (Å²) in [5, 5.41) is 0. The van der Waals surface area contributed by atoms with Gasteiger partial charge in [0.05, 0.1) is 0 Å². The van der Waals surface area contributed by atoms with E-state index < -0.39 is 0 Å². The molecule has 22 heavy (non-hydrogen) atoms. The largest absolute Gasteiger partial charge is 0.295 e. The Labute approximate surface area is 132 Å². The van der Waals surface area contributed by atoms with Crippen molar-refractivity contribution in [3.63, 3.8) is 0 Å². The van der Waals surface area contributed by atoms with Gasteiger partial charge in [0.1, 0.15) is 0 Å². The van der Waals surface area contributed by atoms with Crippen LogP contribution in [-0.4, -0.2) is 11.6 Å². The molecule has 0 aliphatic heterocycles. The lowest BCUT2D eigenvalue weighted by Gasteiger charge is -2.46. The Morgan fingerprint density at radius 3 is 2.00 bits per heavy atom. The molecule has 0 radical (unpaired) electrons. The van der Waals surface area contributed by atoms with Crippen LogP contribution in [0.1, 0.15) is 41.5 Å². The Bertz CT molecular complexity index is 706. The van der Waals surface area contributed by atoms with E-state index >= 15 is 0 Å². The molecule has 2 bridgehead atoms. The molecule has 0 N–H and O–H groups in total. The first-order valence-corrected chi connectivity index (χ1v) is 8.01. The highest BCUT2D eigenvalue weighted by atomic mass is 16.1. The van der Waals surface area contributed by atoms with Crippen LogP contribution >= 0.6 is 0 Å². The van der Waals surface area contributed by atoms with Gasteiger partial charge in [-0.3, -0.25) is 9.59 Å². The summed E-state index contributed by atoms with van der Waals surface area (Å²) < 4.78 is 0. The van der Waals surface area contributed by atoms with Gasteiger partial charge in [0.25, 0.3) is 0 Å². The number of fused-ring (bicyclic) bond motifs is 4. The minimum Gasteiger partial charge on any atom is -0.295 e. The van der Waals surface area contributed by atoms with E-state index in [0.717, 1.165) is 11.1 Å². The highest BCUT2D eigenvalue weighted by molar-refractivity contribution is 5.99. The van der Waals surface area contributed by atoms with Crippen molar-refractivity contribution in [2.45, 2.75) is 41.5 Å². The Balaban J connectivity index is 2.27. The van der Waals surface area contributed by atoms with Gasteiger partial charge in [0.2, 0.25) is 0 Å². The van der Waals surface area contributed by atoms with Crippen molar-refractivity contribution in [3.8, 4) is 0 Å². The number of hydrogen-bond acceptors (Lipinski definition) is 2. The van der Waals surface area contributed by atoms with Crippen molar-refractivity contribution < 1.29 is 9.59 Å². The molecule has 0 saturated heterocycles. The predicted molar refractivity (Wildman–Crippen MR) is 88.2 cm³/mol. The number of rotatable bonds is 2. The fourth-order valence-corrected chi connectivity index (χ4v) is 4.69. The number of Topliss-reactive ketones (excluding diaryl/α,β-unsaturated/α-hetero) is 2. The zero-order valence-corrected chi connectivity index (χ0v) is 14.3. The molecule has 0 heterocycles. The van der Waals surface area contributed by atoms with Crippen LogP contribution in [0.15, 0.2) is 46.1 Å². The van der Waals surface area contributed by atoms with E-state index in [1.807, 2.05) is 6.08 Å². The SMILES string of the molecule is CC(=O)C1=CC=C2C1C1C(C(C)=O)=CC(C1=C(C)C)C2(C)C. The third-order valence-corrected chi connectivity index (χ3v) is 5.71. The minimum atomic E-state index is -0.0569. The Hall–Kier alpha value is -1.70. The maximum Gasteiger partial charge on any atom is 0.156 e. The maximum absolute atomic E-state index is 12.2. The average Bonchev–Trinajstić information content (AvgIpc) is 2.97. The number of carbonyl (C=O) groups excluding carboxylic acids is 2. The van der Waals surface area contributed by atoms with Gasteiger partial charge in [-0.25, -0.2) is 0 Å². The molecule has 3 aliphatic rings. The van der Waals surface area contributed by atoms with Crippen LogP contribution in [0.3, 0.4) is 0 Å². The zero-order valence-electron chi connectivity index (χ0n) is 14.3. The monoisotopic (exact) mass is 296 g/mol. The van der Waals surface area contributed by atoms with Gasteiger partial charge in [0.15, 0.2) is 11.6 Å². The molecule has 3 aliphatic carbocycles. The molecule has 3 unspecified atom stereocenters. The number of hydrogen-bond donors (Lipinski definition) is 0. The highest BCUT2D eigenvalue weighted by Gasteiger charge is 2.55. The van der Waals surface area contributed by atoms with Crippen molar-refractivity contribution >= 4 is 11.6 Å². The van der Waals surface area contributed by atoms with E-state index in [2.05, 4.69) is 39.8 Å². The first-order chi connectivity index (χ1) is 10.2. The molecule has 2 nitrogen and oxygen atoms in total. The van der Waals surface area contributed by atoms with Crippen LogP contribution in [0, 0.1) is 23.2 Å². The molecule has 116 valence electrons. The third kappa shape index (κ3) is 1.79. The van der Waals surface area contributed by atoms with Crippen LogP contribution in [0.4, 0.5) is 0 Å². The van der Waals surface area contributed by atoms with Gasteiger partial charge < -0.3 is 0 Å². The predicted octanol–water partition coefficient (Wildman–Crippen LogP) is 4.20. The standard InChI is InChI=1S/C20H24O2/c1-10(2)17-16-9-14(12(4)22)19(17)18-13(11(3)21)7-8-15(18)20(16,5)6/h7-9,16,18-19H,1-6H3. The fourth-order valence-electron chi connectivity index (χ4n) is 4.69. The molecular formula is C20H24O2. The summed E-state index contributed by atoms with van der Waals surface area (Å²) in [6.45, 7) is 12.0. The van der Waals surface area contributed by atoms with Gasteiger partial charge in [-0.05, 0) is 38.7 Å². The zero-order chi connectivity index (χ0) is 16.4. The van der Waals surface area contributed by atoms with Gasteiger partial charge in [-0.2, -0.15) is 0 Å². The minimum absolute atomic E-state index is 0.0475. The molecule has 3 atom stereocenters. The van der Waals surface area contributed by atoms with E-state index in [0.29, 0.717) is 0 Å². The van der Waals surface area contributed by atoms with Crippen LogP contribution in [0.25, 0.3) is 0 Å². The Morgan fingerprint density at radius 2 is 1.50 bits per heavy atom. The second-order valence-electron chi connectivity index (χ2n) is 7.59. The molecule has 1 fully saturated rings. The van der Waals surface area contributed by atoms with Crippen molar-refractivity contribution in [1.82, 2.24) is 0 Å². The smallest absolute Gasteiger partial charge is 0.156 e. The lowest BCUT2D eigenvalue weighted by atomic mass is 9.57. The van der Waals surface area contributed by atoms with E-state index in [1.165, 1.54) is 16.7 Å². The van der Waals surface area contributed by atoms with Crippen LogP contribution in [-0.2, 0) is 9.59 Å². The van der Waals surface area contributed by atoms with Crippen LogP contribution in [0.5, 0.6) is 0 Å². The molecule has 0 spiro atoms. The molecule has 0 aromatic rings. The molecule has 0 aromatic carbocycles. The number of carbonyl (C=O) groups is 2. The van der Waals surface area contributed by atoms with Gasteiger partial charge >= 0.3 is 0 Å². The molecule has 1 saturated carbocycles. The summed E-state index contributed by atoms with van der Waals surface area (Å²) in [5.41, 5.74) is 5.65. The summed E-state index contributed by atoms with van der Waals surface area (Å²) in [6, 6.07) is 0. The number of ketones is 2. The Kier molecular flexibility index (Phi) is 3.21. The van der Waals surface area contributed by atoms with Crippen molar-refractivity contribution in [1.29, 1.82) is 0 Å². The molecule has 3 rings (SSSR count). The fraction of sp³-hybridized carbons (Fsp3) is 0.500. The second kappa shape index (κ2) is 4.65. The van der Waals surface area contributed by atoms with Crippen molar-refractivity contribution in [2.75, 3.05) is 0 Å². The normalized spacial score (nSPS) is 31.3. The summed E-state index contributed by atoms with van der Waals surface area (Å²) in [5.74, 6) is 0.630. The third-order valence-electron chi connectivity index (χ3n) is 5.71. The summed E-state index contributed by atoms with van der Waals surface area (Å²) in [4.78, 5) is 24.3. The topological polar surface area (TPSA) is 34.1 Å². The molecule has 0 aromatic heterocycles. The summed E-state index contributed by atoms with van der Waals surface area (Å²) >= 11 is 0. The van der Waals surface area contributed by atoms with Crippen molar-refractivity contribution in [2.24, 2.45) is 23.2 Å². The quantitative estimate of drug-likeness (QED) is 0.716. The average molecular weight is 296 g/mol. The lowest BCUT2D eigenvalue weighted by molar-refractivity contribution is -0.115. The molecule has 2 heteroatoms. The van der Waals surface area contributed by atoms with E-state index in [4.69, 9.17) is 0 Å². The van der Waals surface area contributed by atoms with E-state index in [-0.39, 0.29) is 34.7 Å². The molecule has 0 amide bonds. The summed E-state index contributed by atoms with van der Waals surface area (Å²) in [7, 11) is 0. The van der Waals surface area contributed by atoms with E-state index in [1.54, 1.807) is 13.8 Å². The van der Waals surface area contributed by atoms with Crippen LogP contribution in [0.2, 0.25) is 0 Å². The first kappa shape index (κ1) is 15.2.